The van der Waals surface area contributed by atoms with E-state index in [4.69, 9.17) is 4.74 Å². The van der Waals surface area contributed by atoms with Crippen molar-refractivity contribution in [1.29, 1.82) is 0 Å². The van der Waals surface area contributed by atoms with Crippen molar-refractivity contribution >= 4 is 49.3 Å². The average molecular weight is 861 g/mol. The lowest BCUT2D eigenvalue weighted by Gasteiger charge is -2.27. The van der Waals surface area contributed by atoms with Gasteiger partial charge in [0.1, 0.15) is 17.2 Å². The quantitative estimate of drug-likeness (QED) is 0.0555. The number of nitrogens with zero attached hydrogens (tertiary/aromatic N) is 2. The highest BCUT2D eigenvalue weighted by atomic mass is 32.2. The van der Waals surface area contributed by atoms with Crippen LogP contribution in [0.1, 0.15) is 90.2 Å². The monoisotopic (exact) mass is 860 g/mol. The van der Waals surface area contributed by atoms with Crippen molar-refractivity contribution in [3.63, 3.8) is 0 Å². The zero-order valence-corrected chi connectivity index (χ0v) is 36.6. The Balaban J connectivity index is 1.01. The topological polar surface area (TPSA) is 185 Å². The second-order valence-electron chi connectivity index (χ2n) is 17.0. The van der Waals surface area contributed by atoms with Crippen LogP contribution in [0.15, 0.2) is 82.3 Å². The van der Waals surface area contributed by atoms with Crippen LogP contribution >= 0.6 is 0 Å². The van der Waals surface area contributed by atoms with E-state index in [0.29, 0.717) is 50.3 Å². The molecule has 3 N–H and O–H groups in total. The number of allylic oxidation sites excluding steroid dienone is 6. The molecule has 4 aliphatic rings. The fourth-order valence-corrected chi connectivity index (χ4v) is 10.1. The maximum absolute atomic E-state index is 12.6. The van der Waals surface area contributed by atoms with Crippen molar-refractivity contribution in [3.8, 4) is 11.8 Å². The van der Waals surface area contributed by atoms with Crippen LogP contribution in [0.4, 0.5) is 16.2 Å². The molecular formula is C45H56N4O9S2. The summed E-state index contributed by atoms with van der Waals surface area (Å²) in [5, 5.41) is 5.57. The number of benzene rings is 2. The van der Waals surface area contributed by atoms with E-state index >= 15 is 0 Å². The Labute approximate surface area is 354 Å². The van der Waals surface area contributed by atoms with E-state index in [1.54, 1.807) is 12.1 Å². The van der Waals surface area contributed by atoms with E-state index < -0.39 is 37.2 Å². The van der Waals surface area contributed by atoms with E-state index in [9.17, 15) is 35.5 Å². The number of nitrogens with one attached hydrogen (secondary N) is 2. The number of anilines is 1. The number of rotatable bonds is 16. The number of carbonyl (C=O) groups is 2. The molecule has 0 saturated heterocycles. The van der Waals surface area contributed by atoms with Crippen molar-refractivity contribution in [2.24, 2.45) is 17.8 Å². The first kappa shape index (κ1) is 44.8. The normalized spacial score (nSPS) is 22.1. The van der Waals surface area contributed by atoms with Crippen molar-refractivity contribution in [3.05, 3.63) is 83.6 Å². The summed E-state index contributed by atoms with van der Waals surface area (Å²) in [7, 11) is -7.12. The molecule has 13 nitrogen and oxygen atoms in total. The maximum atomic E-state index is 12.6. The van der Waals surface area contributed by atoms with Crippen LogP contribution in [0.25, 0.3) is 0 Å². The summed E-state index contributed by atoms with van der Waals surface area (Å²) in [6.07, 6.45) is 15.6. The summed E-state index contributed by atoms with van der Waals surface area (Å²) in [5.74, 6) is 7.91. The first-order valence-electron chi connectivity index (χ1n) is 20.6. The minimum absolute atomic E-state index is 0.101. The predicted molar refractivity (Wildman–Crippen MR) is 229 cm³/mol. The second-order valence-corrected chi connectivity index (χ2v) is 19.8. The van der Waals surface area contributed by atoms with E-state index in [2.05, 4.69) is 27.4 Å². The van der Waals surface area contributed by atoms with E-state index in [1.807, 2.05) is 69.7 Å². The predicted octanol–water partition coefficient (Wildman–Crippen LogP) is 6.48. The zero-order chi connectivity index (χ0) is 43.5. The van der Waals surface area contributed by atoms with Gasteiger partial charge in [0.25, 0.3) is 10.1 Å². The van der Waals surface area contributed by atoms with Gasteiger partial charge in [-0.15, -0.1) is 11.8 Å². The van der Waals surface area contributed by atoms with E-state index in [1.165, 1.54) is 24.3 Å². The van der Waals surface area contributed by atoms with Gasteiger partial charge in [0.2, 0.25) is 11.6 Å². The summed E-state index contributed by atoms with van der Waals surface area (Å²) in [5.41, 5.74) is 3.83. The molecule has 2 heterocycles. The molecule has 1 fully saturated rings. The Kier molecular flexibility index (Phi) is 13.5. The van der Waals surface area contributed by atoms with Crippen LogP contribution in [-0.2, 0) is 40.6 Å². The molecule has 2 amide bonds. The molecule has 2 aromatic carbocycles. The Bertz CT molecular complexity index is 2400. The molecule has 1 saturated carbocycles. The van der Waals surface area contributed by atoms with E-state index in [0.717, 1.165) is 72.4 Å². The molecule has 1 unspecified atom stereocenters. The van der Waals surface area contributed by atoms with Gasteiger partial charge in [0.15, 0.2) is 5.71 Å². The molecule has 60 heavy (non-hydrogen) atoms. The number of fused-ring (bicyclic) bond motifs is 3. The fraction of sp³-hybridized carbons (Fsp3) is 0.489. The smallest absolute Gasteiger partial charge is 0.407 e. The number of ether oxygens (including phenoxy) is 1. The van der Waals surface area contributed by atoms with Gasteiger partial charge in [-0.1, -0.05) is 38.5 Å². The number of unbranched alkanes of at least 4 members (excludes halogenated alkanes) is 2. The molecule has 2 aliphatic heterocycles. The summed E-state index contributed by atoms with van der Waals surface area (Å²) >= 11 is 0. The SMILES string of the molecule is C[N+]1=C(C=CC=CC=C2N(CCCCCC(=O)NCCNC(=O)OCC3[C@H]4CCC#CCC[C@@H]34)c3ccc(S(=O)(=O)[O-])cc3C2(C)C)C(C)(C)c2cc(S(=O)(=O)O)ccc21. The van der Waals surface area contributed by atoms with Crippen LogP contribution < -0.4 is 15.5 Å². The zero-order valence-electron chi connectivity index (χ0n) is 35.0. The largest absolute Gasteiger partial charge is 0.744 e. The van der Waals surface area contributed by atoms with Gasteiger partial charge >= 0.3 is 6.09 Å². The highest BCUT2D eigenvalue weighted by Gasteiger charge is 2.49. The third-order valence-corrected chi connectivity index (χ3v) is 14.1. The van der Waals surface area contributed by atoms with Crippen LogP contribution in [0, 0.1) is 29.6 Å². The summed E-state index contributed by atoms with van der Waals surface area (Å²) in [4.78, 5) is 26.5. The molecule has 0 spiro atoms. The van der Waals surface area contributed by atoms with Gasteiger partial charge in [0.05, 0.1) is 21.8 Å². The molecule has 322 valence electrons. The van der Waals surface area contributed by atoms with Crippen molar-refractivity contribution in [1.82, 2.24) is 10.6 Å². The molecule has 2 aromatic rings. The highest BCUT2D eigenvalue weighted by Crippen LogP contribution is 2.52. The molecular weight excluding hydrogens is 805 g/mol. The third-order valence-electron chi connectivity index (χ3n) is 12.4. The van der Waals surface area contributed by atoms with Gasteiger partial charge in [-0.2, -0.15) is 13.0 Å². The van der Waals surface area contributed by atoms with Gasteiger partial charge in [-0.25, -0.2) is 13.2 Å². The maximum Gasteiger partial charge on any atom is 0.407 e. The van der Waals surface area contributed by atoms with Crippen molar-refractivity contribution in [2.75, 3.05) is 38.2 Å². The van der Waals surface area contributed by atoms with Crippen LogP contribution in [-0.4, -0.2) is 81.5 Å². The number of alkyl carbamates (subject to hydrolysis) is 1. The van der Waals surface area contributed by atoms with Crippen molar-refractivity contribution < 1.29 is 44.8 Å². The third kappa shape index (κ3) is 10.1. The number of amides is 2. The van der Waals surface area contributed by atoms with Crippen molar-refractivity contribution in [2.45, 2.75) is 99.7 Å². The molecule has 2 aliphatic carbocycles. The molecule has 6 rings (SSSR count). The summed E-state index contributed by atoms with van der Waals surface area (Å²) < 4.78 is 76.6. The molecule has 0 aromatic heterocycles. The first-order valence-corrected chi connectivity index (χ1v) is 23.5. The number of carbonyl (C=O) groups excluding carboxylic acids is 2. The fourth-order valence-electron chi connectivity index (χ4n) is 9.08. The van der Waals surface area contributed by atoms with Gasteiger partial charge < -0.3 is 24.8 Å². The molecule has 3 atom stereocenters. The highest BCUT2D eigenvalue weighted by molar-refractivity contribution is 7.86. The minimum atomic E-state index is -4.67. The standard InChI is InChI=1S/C45H56N4O9S2/c1-44(2)36-28-31(59(52,53)54)21-23-38(36)48(5)40(44)18-12-8-13-19-41-45(3,4)37-29-32(60(55,56)57)22-24-39(37)49(41)27-15-9-14-20-42(50)46-25-26-47-43(51)58-30-35-33-16-10-6-7-11-17-34(33)35/h8,12-13,18-19,21-24,28-29,33-35H,9-11,14-17,20,25-27,30H2,1-5H3,(H3-,46,47,50,51,52,53,54,55,56,57)/t33-,34+,35?. The Morgan fingerprint density at radius 1 is 0.900 bits per heavy atom. The lowest BCUT2D eigenvalue weighted by Crippen LogP contribution is -2.35. The molecule has 0 bridgehead atoms. The molecule has 15 heteroatoms. The lowest BCUT2D eigenvalue weighted by molar-refractivity contribution is -0.401. The first-order chi connectivity index (χ1) is 28.3. The average Bonchev–Trinajstić information content (AvgIpc) is 3.71. The number of hydrogen-bond donors (Lipinski definition) is 3. The van der Waals surface area contributed by atoms with Crippen LogP contribution in [0.2, 0.25) is 0 Å². The van der Waals surface area contributed by atoms with Gasteiger partial charge in [0, 0.05) is 73.4 Å². The van der Waals surface area contributed by atoms with E-state index in [-0.39, 0.29) is 22.2 Å². The van der Waals surface area contributed by atoms with Gasteiger partial charge in [-0.3, -0.25) is 9.35 Å². The molecule has 0 radical (unpaired) electrons. The Hall–Kier alpha value is -4.75. The summed E-state index contributed by atoms with van der Waals surface area (Å²) in [6, 6.07) is 9.07. The minimum Gasteiger partial charge on any atom is -0.744 e. The Morgan fingerprint density at radius 2 is 1.57 bits per heavy atom. The second kappa shape index (κ2) is 18.1. The summed E-state index contributed by atoms with van der Waals surface area (Å²) in [6.45, 7) is 9.55. The van der Waals surface area contributed by atoms with Crippen LogP contribution in [0.5, 0.6) is 0 Å². The lowest BCUT2D eigenvalue weighted by atomic mass is 9.81. The van der Waals surface area contributed by atoms with Crippen LogP contribution in [0.3, 0.4) is 0 Å². The van der Waals surface area contributed by atoms with Gasteiger partial charge in [-0.05, 0) is 99.3 Å². The Morgan fingerprint density at radius 3 is 2.25 bits per heavy atom. The number of hydrogen-bond acceptors (Lipinski definition) is 9.